The highest BCUT2D eigenvalue weighted by Crippen LogP contribution is 2.21. The van der Waals surface area contributed by atoms with E-state index in [4.69, 9.17) is 30.3 Å². The van der Waals surface area contributed by atoms with Crippen molar-refractivity contribution in [3.8, 4) is 5.75 Å². The fourth-order valence-electron chi connectivity index (χ4n) is 3.91. The van der Waals surface area contributed by atoms with E-state index in [1.165, 1.54) is 0 Å². The second kappa shape index (κ2) is 12.0. The van der Waals surface area contributed by atoms with Crippen LogP contribution < -0.4 is 4.74 Å². The number of aliphatic hydroxyl groups excluding tert-OH is 1. The number of benzene rings is 2. The highest BCUT2D eigenvalue weighted by atomic mass is 35.5. The lowest BCUT2D eigenvalue weighted by Crippen LogP contribution is -2.39. The predicted molar refractivity (Wildman–Crippen MR) is 130 cm³/mol. The molecule has 1 aliphatic rings. The summed E-state index contributed by atoms with van der Waals surface area (Å²) in [5.41, 5.74) is 2.97. The first kappa shape index (κ1) is 24.3. The van der Waals surface area contributed by atoms with Crippen LogP contribution in [0.4, 0.5) is 0 Å². The van der Waals surface area contributed by atoms with Gasteiger partial charge in [0.25, 0.3) is 0 Å². The van der Waals surface area contributed by atoms with E-state index in [0.717, 1.165) is 28.3 Å². The van der Waals surface area contributed by atoms with E-state index in [1.807, 2.05) is 60.7 Å². The van der Waals surface area contributed by atoms with Crippen molar-refractivity contribution in [2.24, 2.45) is 5.16 Å². The van der Waals surface area contributed by atoms with Gasteiger partial charge in [-0.25, -0.2) is 0 Å². The van der Waals surface area contributed by atoms with Crippen molar-refractivity contribution >= 4 is 17.3 Å². The standard InChI is InChI=1S/C26H29ClN2O5/c1-31-23-9-7-20(8-10-23)26-13-25(34-28-26)16-29(14-19-4-2-5-21(27)12-19)15-22(30)17-32-18-24-6-3-11-33-24/h2-12,22,25,30H,13-18H2,1H3/t22-,25+/m0/s1. The van der Waals surface area contributed by atoms with Gasteiger partial charge < -0.3 is 23.8 Å². The third-order valence-corrected chi connectivity index (χ3v) is 5.75. The van der Waals surface area contributed by atoms with Crippen LogP contribution in [0.1, 0.15) is 23.3 Å². The largest absolute Gasteiger partial charge is 0.497 e. The summed E-state index contributed by atoms with van der Waals surface area (Å²) in [6, 6.07) is 19.2. The first-order chi connectivity index (χ1) is 16.6. The zero-order valence-corrected chi connectivity index (χ0v) is 19.9. The molecule has 1 N–H and O–H groups in total. The third kappa shape index (κ3) is 7.08. The van der Waals surface area contributed by atoms with Gasteiger partial charge in [0.1, 0.15) is 24.2 Å². The molecule has 0 radical (unpaired) electrons. The summed E-state index contributed by atoms with van der Waals surface area (Å²) in [7, 11) is 1.65. The van der Waals surface area contributed by atoms with Crippen molar-refractivity contribution in [1.29, 1.82) is 0 Å². The quantitative estimate of drug-likeness (QED) is 0.407. The number of hydrogen-bond donors (Lipinski definition) is 1. The Balaban J connectivity index is 1.34. The Kier molecular flexibility index (Phi) is 8.60. The van der Waals surface area contributed by atoms with Crippen LogP contribution in [-0.4, -0.2) is 54.7 Å². The second-order valence-corrected chi connectivity index (χ2v) is 8.71. The molecule has 1 aromatic heterocycles. The SMILES string of the molecule is COc1ccc(C2=NO[C@@H](CN(Cc3cccc(Cl)c3)C[C@H](O)COCc3ccco3)C2)cc1. The maximum Gasteiger partial charge on any atom is 0.145 e. The molecule has 180 valence electrons. The summed E-state index contributed by atoms with van der Waals surface area (Å²) in [5, 5.41) is 15.6. The highest BCUT2D eigenvalue weighted by Gasteiger charge is 2.26. The minimum absolute atomic E-state index is 0.118. The number of hydrogen-bond acceptors (Lipinski definition) is 7. The van der Waals surface area contributed by atoms with Crippen molar-refractivity contribution in [1.82, 2.24) is 4.90 Å². The summed E-state index contributed by atoms with van der Waals surface area (Å²) < 4.78 is 16.1. The number of rotatable bonds is 12. The van der Waals surface area contributed by atoms with Crippen molar-refractivity contribution in [2.45, 2.75) is 31.8 Å². The summed E-state index contributed by atoms with van der Waals surface area (Å²) in [6.07, 6.45) is 1.50. The normalized spacial score (nSPS) is 16.4. The van der Waals surface area contributed by atoms with Gasteiger partial charge in [0, 0.05) is 31.1 Å². The second-order valence-electron chi connectivity index (χ2n) is 8.27. The summed E-state index contributed by atoms with van der Waals surface area (Å²) in [6.45, 7) is 2.16. The number of halogens is 1. The molecule has 8 heteroatoms. The Morgan fingerprint density at radius 1 is 1.18 bits per heavy atom. The lowest BCUT2D eigenvalue weighted by atomic mass is 10.0. The van der Waals surface area contributed by atoms with E-state index in [0.29, 0.717) is 37.7 Å². The van der Waals surface area contributed by atoms with Crippen LogP contribution >= 0.6 is 11.6 Å². The minimum atomic E-state index is -0.669. The van der Waals surface area contributed by atoms with Crippen molar-refractivity contribution < 1.29 is 23.8 Å². The molecule has 0 spiro atoms. The van der Waals surface area contributed by atoms with E-state index in [2.05, 4.69) is 10.1 Å². The average molecular weight is 485 g/mol. The Hall–Kier alpha value is -2.84. The number of methoxy groups -OCH3 is 1. The third-order valence-electron chi connectivity index (χ3n) is 5.52. The van der Waals surface area contributed by atoms with Crippen molar-refractivity contribution in [3.63, 3.8) is 0 Å². The molecule has 0 unspecified atom stereocenters. The number of aliphatic hydroxyl groups is 1. The predicted octanol–water partition coefficient (Wildman–Crippen LogP) is 4.51. The molecular formula is C26H29ClN2O5. The van der Waals surface area contributed by atoms with Crippen LogP contribution in [0.25, 0.3) is 0 Å². The Morgan fingerprint density at radius 2 is 2.03 bits per heavy atom. The van der Waals surface area contributed by atoms with Gasteiger partial charge in [-0.05, 0) is 59.7 Å². The Bertz CT molecular complexity index is 1060. The van der Waals surface area contributed by atoms with Crippen molar-refractivity contribution in [2.75, 3.05) is 26.8 Å². The first-order valence-electron chi connectivity index (χ1n) is 11.2. The summed E-state index contributed by atoms with van der Waals surface area (Å²) in [5.74, 6) is 1.53. The van der Waals surface area contributed by atoms with E-state index in [1.54, 1.807) is 13.4 Å². The summed E-state index contributed by atoms with van der Waals surface area (Å²) in [4.78, 5) is 7.89. The molecule has 34 heavy (non-hydrogen) atoms. The minimum Gasteiger partial charge on any atom is -0.497 e. The fourth-order valence-corrected chi connectivity index (χ4v) is 4.12. The smallest absolute Gasteiger partial charge is 0.145 e. The van der Waals surface area contributed by atoms with Gasteiger partial charge in [0.05, 0.1) is 31.8 Å². The van der Waals surface area contributed by atoms with Gasteiger partial charge in [-0.15, -0.1) is 0 Å². The lowest BCUT2D eigenvalue weighted by Gasteiger charge is -2.27. The molecule has 0 aliphatic carbocycles. The Labute approximate surface area is 204 Å². The van der Waals surface area contributed by atoms with Crippen LogP contribution in [0.15, 0.2) is 76.5 Å². The molecule has 7 nitrogen and oxygen atoms in total. The zero-order valence-electron chi connectivity index (χ0n) is 19.1. The van der Waals surface area contributed by atoms with Gasteiger partial charge in [0.15, 0.2) is 0 Å². The van der Waals surface area contributed by atoms with Crippen LogP contribution in [0.5, 0.6) is 5.75 Å². The first-order valence-corrected chi connectivity index (χ1v) is 11.6. The fraction of sp³-hybridized carbons (Fsp3) is 0.346. The lowest BCUT2D eigenvalue weighted by molar-refractivity contribution is -0.00955. The van der Waals surface area contributed by atoms with Crippen LogP contribution in [0.3, 0.4) is 0 Å². The molecule has 0 amide bonds. The molecule has 0 fully saturated rings. The molecular weight excluding hydrogens is 456 g/mol. The van der Waals surface area contributed by atoms with Gasteiger partial charge in [-0.1, -0.05) is 28.9 Å². The monoisotopic (exact) mass is 484 g/mol. The van der Waals surface area contributed by atoms with Gasteiger partial charge in [0.2, 0.25) is 0 Å². The van der Waals surface area contributed by atoms with E-state index in [9.17, 15) is 5.11 Å². The van der Waals surface area contributed by atoms with E-state index < -0.39 is 6.10 Å². The molecule has 4 rings (SSSR count). The van der Waals surface area contributed by atoms with E-state index >= 15 is 0 Å². The van der Waals surface area contributed by atoms with E-state index in [-0.39, 0.29) is 12.7 Å². The average Bonchev–Trinajstić information content (AvgIpc) is 3.51. The molecule has 1 aliphatic heterocycles. The molecule has 2 atom stereocenters. The van der Waals surface area contributed by atoms with Gasteiger partial charge in [-0.2, -0.15) is 0 Å². The maximum absolute atomic E-state index is 10.6. The highest BCUT2D eigenvalue weighted by molar-refractivity contribution is 6.30. The molecule has 0 saturated heterocycles. The van der Waals surface area contributed by atoms with Gasteiger partial charge >= 0.3 is 0 Å². The number of oxime groups is 1. The molecule has 2 aromatic carbocycles. The molecule has 0 saturated carbocycles. The topological polar surface area (TPSA) is 76.7 Å². The van der Waals surface area contributed by atoms with Gasteiger partial charge in [-0.3, -0.25) is 4.90 Å². The summed E-state index contributed by atoms with van der Waals surface area (Å²) >= 11 is 6.18. The van der Waals surface area contributed by atoms with Crippen LogP contribution in [-0.2, 0) is 22.7 Å². The van der Waals surface area contributed by atoms with Crippen molar-refractivity contribution in [3.05, 3.63) is 88.8 Å². The maximum atomic E-state index is 10.6. The zero-order chi connectivity index (χ0) is 23.8. The molecule has 2 heterocycles. The van der Waals surface area contributed by atoms with Crippen LogP contribution in [0.2, 0.25) is 5.02 Å². The molecule has 0 bridgehead atoms. The number of furan rings is 1. The number of nitrogens with zero attached hydrogens (tertiary/aromatic N) is 2. The van der Waals surface area contributed by atoms with Crippen LogP contribution in [0, 0.1) is 0 Å². The Morgan fingerprint density at radius 3 is 2.76 bits per heavy atom. The number of ether oxygens (including phenoxy) is 2. The molecule has 3 aromatic rings.